The van der Waals surface area contributed by atoms with Crippen LogP contribution in [0.3, 0.4) is 0 Å². The zero-order valence-corrected chi connectivity index (χ0v) is 24.9. The summed E-state index contributed by atoms with van der Waals surface area (Å²) in [5.74, 6) is 0.634. The third-order valence-electron chi connectivity index (χ3n) is 9.04. The lowest BCUT2D eigenvalue weighted by atomic mass is 10.0. The van der Waals surface area contributed by atoms with Crippen molar-refractivity contribution in [2.75, 3.05) is 0 Å². The van der Waals surface area contributed by atoms with Gasteiger partial charge in [-0.05, 0) is 47.3 Å². The highest BCUT2D eigenvalue weighted by Gasteiger charge is 2.22. The van der Waals surface area contributed by atoms with Gasteiger partial charge in [0.2, 0.25) is 5.89 Å². The first-order valence-electron chi connectivity index (χ1n) is 15.1. The van der Waals surface area contributed by atoms with E-state index in [0.717, 1.165) is 49.6 Å². The summed E-state index contributed by atoms with van der Waals surface area (Å²) in [7, 11) is 0. The first kappa shape index (κ1) is 24.7. The molecule has 7 aromatic carbocycles. The molecule has 0 atom stereocenters. The van der Waals surface area contributed by atoms with Gasteiger partial charge in [0.1, 0.15) is 5.52 Å². The Bertz CT molecular complexity index is 2710. The van der Waals surface area contributed by atoms with Gasteiger partial charge in [0.05, 0.1) is 16.7 Å². The molecule has 0 fully saturated rings. The molecule has 0 bridgehead atoms. The molecule has 3 heterocycles. The Hall–Kier alpha value is -5.71. The van der Waals surface area contributed by atoms with Crippen LogP contribution in [0.1, 0.15) is 0 Å². The van der Waals surface area contributed by atoms with Gasteiger partial charge in [-0.2, -0.15) is 0 Å². The number of benzene rings is 7. The van der Waals surface area contributed by atoms with Crippen molar-refractivity contribution in [1.82, 2.24) is 9.55 Å². The van der Waals surface area contributed by atoms with Crippen LogP contribution in [-0.4, -0.2) is 9.55 Å². The maximum absolute atomic E-state index is 6.86. The molecule has 4 heteroatoms. The lowest BCUT2D eigenvalue weighted by molar-refractivity contribution is 0.624. The van der Waals surface area contributed by atoms with Crippen LogP contribution in [0.25, 0.3) is 92.1 Å². The lowest BCUT2D eigenvalue weighted by Gasteiger charge is -2.13. The fourth-order valence-corrected chi connectivity index (χ4v) is 8.22. The molecule has 0 aliphatic carbocycles. The summed E-state index contributed by atoms with van der Waals surface area (Å²) in [4.78, 5) is 5.27. The van der Waals surface area contributed by atoms with Gasteiger partial charge >= 0.3 is 0 Å². The first-order valence-corrected chi connectivity index (χ1v) is 16.0. The van der Waals surface area contributed by atoms with Crippen molar-refractivity contribution < 1.29 is 4.42 Å². The second kappa shape index (κ2) is 9.39. The Morgan fingerprint density at radius 3 is 1.89 bits per heavy atom. The molecule has 0 unspecified atom stereocenters. The number of hydrogen-bond acceptors (Lipinski definition) is 3. The van der Waals surface area contributed by atoms with Crippen LogP contribution in [0, 0.1) is 0 Å². The first-order chi connectivity index (χ1) is 22.3. The molecule has 0 aliphatic rings. The van der Waals surface area contributed by atoms with Crippen LogP contribution in [0.4, 0.5) is 0 Å². The molecule has 0 saturated heterocycles. The van der Waals surface area contributed by atoms with Gasteiger partial charge < -0.3 is 8.98 Å². The molecule has 0 aliphatic heterocycles. The van der Waals surface area contributed by atoms with Crippen molar-refractivity contribution in [3.05, 3.63) is 146 Å². The summed E-state index contributed by atoms with van der Waals surface area (Å²) in [6.07, 6.45) is 0. The summed E-state index contributed by atoms with van der Waals surface area (Å²) in [6, 6.07) is 51.7. The zero-order valence-electron chi connectivity index (χ0n) is 24.1. The number of rotatable bonds is 3. The minimum Gasteiger partial charge on any atom is -0.435 e. The van der Waals surface area contributed by atoms with E-state index in [1.54, 1.807) is 11.3 Å². The molecule has 3 aromatic heterocycles. The number of nitrogens with zero attached hydrogens (tertiary/aromatic N) is 2. The van der Waals surface area contributed by atoms with E-state index in [2.05, 4.69) is 150 Å². The van der Waals surface area contributed by atoms with Crippen LogP contribution in [-0.2, 0) is 0 Å². The Balaban J connectivity index is 1.27. The fourth-order valence-electron chi connectivity index (χ4n) is 7.07. The van der Waals surface area contributed by atoms with Crippen LogP contribution in [0.15, 0.2) is 150 Å². The van der Waals surface area contributed by atoms with Gasteiger partial charge in [-0.25, -0.2) is 4.98 Å². The zero-order chi connectivity index (χ0) is 29.5. The predicted molar refractivity (Wildman–Crippen MR) is 190 cm³/mol. The number of hydrogen-bond donors (Lipinski definition) is 0. The average Bonchev–Trinajstić information content (AvgIpc) is 3.80. The van der Waals surface area contributed by atoms with Gasteiger partial charge in [-0.1, -0.05) is 109 Å². The Morgan fingerprint density at radius 1 is 0.511 bits per heavy atom. The normalized spacial score (nSPS) is 12.0. The molecule has 0 saturated carbocycles. The second-order valence-electron chi connectivity index (χ2n) is 11.5. The third-order valence-corrected chi connectivity index (χ3v) is 10.2. The van der Waals surface area contributed by atoms with Crippen LogP contribution < -0.4 is 0 Å². The minimum absolute atomic E-state index is 0.634. The van der Waals surface area contributed by atoms with Crippen molar-refractivity contribution in [2.24, 2.45) is 0 Å². The van der Waals surface area contributed by atoms with E-state index in [-0.39, 0.29) is 0 Å². The van der Waals surface area contributed by atoms with Crippen molar-refractivity contribution >= 4 is 75.2 Å². The maximum Gasteiger partial charge on any atom is 0.227 e. The summed E-state index contributed by atoms with van der Waals surface area (Å²) in [5, 5.41) is 7.10. The molecular weight excluding hydrogens is 569 g/mol. The van der Waals surface area contributed by atoms with Crippen molar-refractivity contribution in [3.8, 4) is 28.3 Å². The van der Waals surface area contributed by atoms with Crippen LogP contribution >= 0.6 is 11.3 Å². The average molecular weight is 593 g/mol. The number of aromatic nitrogens is 2. The van der Waals surface area contributed by atoms with Gasteiger partial charge in [0.25, 0.3) is 0 Å². The van der Waals surface area contributed by atoms with E-state index in [1.165, 1.54) is 36.6 Å². The highest BCUT2D eigenvalue weighted by molar-refractivity contribution is 7.26. The summed E-state index contributed by atoms with van der Waals surface area (Å²) < 4.78 is 11.7. The minimum atomic E-state index is 0.634. The van der Waals surface area contributed by atoms with Gasteiger partial charge in [-0.3, -0.25) is 0 Å². The molecule has 0 N–H and O–H groups in total. The van der Waals surface area contributed by atoms with Crippen LogP contribution in [0.2, 0.25) is 0 Å². The molecule has 0 radical (unpaired) electrons. The Labute approximate surface area is 262 Å². The number of thiophene rings is 1. The molecule has 10 aromatic rings. The van der Waals surface area contributed by atoms with E-state index in [1.807, 2.05) is 0 Å². The molecule has 45 heavy (non-hydrogen) atoms. The van der Waals surface area contributed by atoms with E-state index in [0.29, 0.717) is 5.89 Å². The van der Waals surface area contributed by atoms with E-state index in [9.17, 15) is 0 Å². The SMILES string of the molecule is c1ccc(-c2cc3sc4ccccc4c3c3oc(-c4ccc(-n5c6ccccc6c6ccccc65)c5ccccc45)nc23)cc1. The fraction of sp³-hybridized carbons (Fsp3) is 0. The lowest BCUT2D eigenvalue weighted by Crippen LogP contribution is -1.96. The smallest absolute Gasteiger partial charge is 0.227 e. The largest absolute Gasteiger partial charge is 0.435 e. The Kier molecular flexibility index (Phi) is 5.16. The molecule has 10 rings (SSSR count). The van der Waals surface area contributed by atoms with Gasteiger partial charge in [-0.15, -0.1) is 11.3 Å². The third kappa shape index (κ3) is 3.54. The molecular formula is C41H24N2OS. The molecule has 210 valence electrons. The number of fused-ring (bicyclic) bond motifs is 9. The van der Waals surface area contributed by atoms with Crippen molar-refractivity contribution in [1.29, 1.82) is 0 Å². The summed E-state index contributed by atoms with van der Waals surface area (Å²) >= 11 is 1.80. The van der Waals surface area contributed by atoms with Crippen LogP contribution in [0.5, 0.6) is 0 Å². The second-order valence-corrected chi connectivity index (χ2v) is 12.6. The summed E-state index contributed by atoms with van der Waals surface area (Å²) in [6.45, 7) is 0. The highest BCUT2D eigenvalue weighted by Crippen LogP contribution is 2.45. The monoisotopic (exact) mass is 592 g/mol. The quantitative estimate of drug-likeness (QED) is 0.204. The predicted octanol–water partition coefficient (Wildman–Crippen LogP) is 11.8. The number of oxazole rings is 1. The molecule has 0 spiro atoms. The standard InChI is InChI=1S/C41H24N2OS/c1-2-12-25(13-3-1)32-24-37-38(31-18-8-11-21-36(31)45-37)40-39(32)42-41(44-40)30-22-23-35(27-15-5-4-14-26(27)30)43-33-19-9-6-16-28(33)29-17-7-10-20-34(29)43/h1-24H. The van der Waals surface area contributed by atoms with Crippen molar-refractivity contribution in [2.45, 2.75) is 0 Å². The topological polar surface area (TPSA) is 31.0 Å². The highest BCUT2D eigenvalue weighted by atomic mass is 32.1. The van der Waals surface area contributed by atoms with E-state index >= 15 is 0 Å². The van der Waals surface area contributed by atoms with Crippen molar-refractivity contribution in [3.63, 3.8) is 0 Å². The van der Waals surface area contributed by atoms with E-state index < -0.39 is 0 Å². The summed E-state index contributed by atoms with van der Waals surface area (Å²) in [5.41, 5.74) is 8.46. The molecule has 0 amide bonds. The number of para-hydroxylation sites is 2. The Morgan fingerprint density at radius 2 is 1.13 bits per heavy atom. The molecule has 3 nitrogen and oxygen atoms in total. The van der Waals surface area contributed by atoms with Gasteiger partial charge in [0, 0.05) is 47.5 Å². The maximum atomic E-state index is 6.86. The van der Waals surface area contributed by atoms with E-state index in [4.69, 9.17) is 9.40 Å². The van der Waals surface area contributed by atoms with Gasteiger partial charge in [0.15, 0.2) is 5.58 Å².